The van der Waals surface area contributed by atoms with E-state index in [0.29, 0.717) is 29.9 Å². The number of carbonyl (C=O) groups excluding carboxylic acids is 3. The largest absolute Gasteiger partial charge is 0.438 e. The fourth-order valence-corrected chi connectivity index (χ4v) is 3.51. The van der Waals surface area contributed by atoms with E-state index < -0.39 is 24.1 Å². The SMILES string of the molecule is CC(=O)Nc1ccc(C2OC(=O)N(Cc3cccc(F)c3)C2C(=O)NCCN(C)C)cc1. The van der Waals surface area contributed by atoms with Crippen LogP contribution in [0.5, 0.6) is 0 Å². The number of rotatable bonds is 8. The maximum atomic E-state index is 13.7. The van der Waals surface area contributed by atoms with Crippen LogP contribution in [0.4, 0.5) is 14.9 Å². The summed E-state index contributed by atoms with van der Waals surface area (Å²) < 4.78 is 19.2. The van der Waals surface area contributed by atoms with E-state index in [1.54, 1.807) is 36.4 Å². The molecule has 2 aromatic carbocycles. The van der Waals surface area contributed by atoms with E-state index >= 15 is 0 Å². The lowest BCUT2D eigenvalue weighted by Gasteiger charge is -2.24. The quantitative estimate of drug-likeness (QED) is 0.656. The van der Waals surface area contributed by atoms with Crippen LogP contribution in [0.25, 0.3) is 0 Å². The Kier molecular flexibility index (Phi) is 7.42. The van der Waals surface area contributed by atoms with Crippen molar-refractivity contribution in [2.75, 3.05) is 32.5 Å². The van der Waals surface area contributed by atoms with Crippen molar-refractivity contribution in [3.63, 3.8) is 0 Å². The molecule has 3 rings (SSSR count). The fourth-order valence-electron chi connectivity index (χ4n) is 3.51. The van der Waals surface area contributed by atoms with Crippen LogP contribution in [0.1, 0.15) is 24.2 Å². The third-order valence-corrected chi connectivity index (χ3v) is 5.01. The maximum Gasteiger partial charge on any atom is 0.411 e. The van der Waals surface area contributed by atoms with Crippen molar-refractivity contribution in [3.05, 3.63) is 65.5 Å². The number of carbonyl (C=O) groups is 3. The summed E-state index contributed by atoms with van der Waals surface area (Å²) in [5, 5.41) is 5.53. The topological polar surface area (TPSA) is 91.0 Å². The Hall–Kier alpha value is -3.46. The highest BCUT2D eigenvalue weighted by atomic mass is 19.1. The Bertz CT molecular complexity index is 980. The summed E-state index contributed by atoms with van der Waals surface area (Å²) in [6.45, 7) is 2.47. The number of nitrogens with one attached hydrogen (secondary N) is 2. The molecule has 0 bridgehead atoms. The second-order valence-electron chi connectivity index (χ2n) is 7.90. The molecule has 8 nitrogen and oxygen atoms in total. The molecule has 1 fully saturated rings. The molecule has 1 heterocycles. The normalized spacial score (nSPS) is 17.9. The van der Waals surface area contributed by atoms with Gasteiger partial charge in [0.05, 0.1) is 6.54 Å². The molecule has 0 spiro atoms. The molecule has 32 heavy (non-hydrogen) atoms. The number of hydrogen-bond acceptors (Lipinski definition) is 5. The molecule has 170 valence electrons. The summed E-state index contributed by atoms with van der Waals surface area (Å²) >= 11 is 0. The number of nitrogens with zero attached hydrogens (tertiary/aromatic N) is 2. The number of ether oxygens (including phenoxy) is 1. The van der Waals surface area contributed by atoms with Crippen molar-refractivity contribution in [2.45, 2.75) is 25.6 Å². The van der Waals surface area contributed by atoms with E-state index in [9.17, 15) is 18.8 Å². The van der Waals surface area contributed by atoms with Crippen LogP contribution < -0.4 is 10.6 Å². The zero-order valence-corrected chi connectivity index (χ0v) is 18.3. The Morgan fingerprint density at radius 2 is 1.88 bits per heavy atom. The van der Waals surface area contributed by atoms with Crippen molar-refractivity contribution in [3.8, 4) is 0 Å². The third kappa shape index (κ3) is 5.82. The maximum absolute atomic E-state index is 13.7. The lowest BCUT2D eigenvalue weighted by atomic mass is 10.00. The molecule has 0 aliphatic carbocycles. The van der Waals surface area contributed by atoms with Crippen molar-refractivity contribution < 1.29 is 23.5 Å². The van der Waals surface area contributed by atoms with Crippen molar-refractivity contribution >= 4 is 23.6 Å². The second-order valence-corrected chi connectivity index (χ2v) is 7.90. The van der Waals surface area contributed by atoms with Crippen LogP contribution in [-0.2, 0) is 20.9 Å². The predicted molar refractivity (Wildman–Crippen MR) is 117 cm³/mol. The van der Waals surface area contributed by atoms with Gasteiger partial charge >= 0.3 is 6.09 Å². The number of anilines is 1. The fraction of sp³-hybridized carbons (Fsp3) is 0.348. The van der Waals surface area contributed by atoms with Gasteiger partial charge in [0.25, 0.3) is 0 Å². The van der Waals surface area contributed by atoms with Gasteiger partial charge in [-0.1, -0.05) is 24.3 Å². The minimum atomic E-state index is -0.931. The summed E-state index contributed by atoms with van der Waals surface area (Å²) in [6, 6.07) is 11.7. The van der Waals surface area contributed by atoms with Crippen LogP contribution >= 0.6 is 0 Å². The van der Waals surface area contributed by atoms with Crippen LogP contribution in [-0.4, -0.2) is 60.9 Å². The van der Waals surface area contributed by atoms with Gasteiger partial charge in [-0.2, -0.15) is 0 Å². The summed E-state index contributed by atoms with van der Waals surface area (Å²) in [4.78, 5) is 40.3. The van der Waals surface area contributed by atoms with Gasteiger partial charge in [-0.3, -0.25) is 14.5 Å². The first-order chi connectivity index (χ1) is 15.2. The van der Waals surface area contributed by atoms with Gasteiger partial charge in [0.2, 0.25) is 11.8 Å². The van der Waals surface area contributed by atoms with Gasteiger partial charge < -0.3 is 20.3 Å². The molecule has 2 unspecified atom stereocenters. The molecule has 9 heteroatoms. The molecular weight excluding hydrogens is 415 g/mol. The Labute approximate surface area is 186 Å². The number of likely N-dealkylation sites (N-methyl/N-ethyl adjacent to an activating group) is 1. The van der Waals surface area contributed by atoms with Crippen molar-refractivity contribution in [1.82, 2.24) is 15.1 Å². The summed E-state index contributed by atoms with van der Waals surface area (Å²) in [5.74, 6) is -0.985. The van der Waals surface area contributed by atoms with E-state index in [1.165, 1.54) is 24.0 Å². The molecule has 3 amide bonds. The molecule has 1 saturated heterocycles. The Morgan fingerprint density at radius 3 is 2.50 bits per heavy atom. The standard InChI is InChI=1S/C23H27FN4O4/c1-15(29)26-19-9-7-17(8-10-19)21-20(22(30)25-11-12-27(2)3)28(23(31)32-21)14-16-5-4-6-18(24)13-16/h4-10,13,20-21H,11-12,14H2,1-3H3,(H,25,30)(H,26,29). The van der Waals surface area contributed by atoms with E-state index in [0.717, 1.165) is 0 Å². The Balaban J connectivity index is 1.86. The van der Waals surface area contributed by atoms with Gasteiger partial charge in [0.15, 0.2) is 12.1 Å². The van der Waals surface area contributed by atoms with Gasteiger partial charge in [-0.15, -0.1) is 0 Å². The van der Waals surface area contributed by atoms with Gasteiger partial charge in [-0.25, -0.2) is 9.18 Å². The number of amides is 3. The number of benzene rings is 2. The zero-order chi connectivity index (χ0) is 23.3. The lowest BCUT2D eigenvalue weighted by Crippen LogP contribution is -2.47. The van der Waals surface area contributed by atoms with Crippen molar-refractivity contribution in [2.24, 2.45) is 0 Å². The van der Waals surface area contributed by atoms with E-state index in [-0.39, 0.29) is 18.4 Å². The predicted octanol–water partition coefficient (Wildman–Crippen LogP) is 2.52. The van der Waals surface area contributed by atoms with Gasteiger partial charge in [0.1, 0.15) is 5.82 Å². The molecule has 0 aromatic heterocycles. The molecule has 0 radical (unpaired) electrons. The molecule has 2 N–H and O–H groups in total. The average molecular weight is 442 g/mol. The van der Waals surface area contributed by atoms with Crippen LogP contribution in [0.3, 0.4) is 0 Å². The monoisotopic (exact) mass is 442 g/mol. The highest BCUT2D eigenvalue weighted by Gasteiger charge is 2.46. The van der Waals surface area contributed by atoms with Crippen LogP contribution in [0.2, 0.25) is 0 Å². The number of halogens is 1. The minimum Gasteiger partial charge on any atom is -0.438 e. The minimum absolute atomic E-state index is 0.0306. The van der Waals surface area contributed by atoms with Crippen LogP contribution in [0.15, 0.2) is 48.5 Å². The van der Waals surface area contributed by atoms with E-state index in [4.69, 9.17) is 4.74 Å². The molecule has 2 atom stereocenters. The van der Waals surface area contributed by atoms with Crippen LogP contribution in [0, 0.1) is 5.82 Å². The molecule has 2 aromatic rings. The number of hydrogen-bond donors (Lipinski definition) is 2. The highest BCUT2D eigenvalue weighted by Crippen LogP contribution is 2.34. The smallest absolute Gasteiger partial charge is 0.411 e. The van der Waals surface area contributed by atoms with E-state index in [2.05, 4.69) is 10.6 Å². The average Bonchev–Trinajstić information content (AvgIpc) is 3.04. The van der Waals surface area contributed by atoms with Gasteiger partial charge in [0, 0.05) is 25.7 Å². The summed E-state index contributed by atoms with van der Waals surface area (Å²) in [5.41, 5.74) is 1.76. The Morgan fingerprint density at radius 1 is 1.16 bits per heavy atom. The summed E-state index contributed by atoms with van der Waals surface area (Å²) in [7, 11) is 3.79. The first-order valence-electron chi connectivity index (χ1n) is 10.3. The highest BCUT2D eigenvalue weighted by molar-refractivity contribution is 5.90. The van der Waals surface area contributed by atoms with E-state index in [1.807, 2.05) is 19.0 Å². The summed E-state index contributed by atoms with van der Waals surface area (Å²) in [6.07, 6.45) is -1.50. The van der Waals surface area contributed by atoms with Crippen molar-refractivity contribution in [1.29, 1.82) is 0 Å². The molecular formula is C23H27FN4O4. The van der Waals surface area contributed by atoms with Gasteiger partial charge in [-0.05, 0) is 49.5 Å². The number of cyclic esters (lactones) is 1. The molecule has 0 saturated carbocycles. The molecule has 1 aliphatic rings. The lowest BCUT2D eigenvalue weighted by molar-refractivity contribution is -0.126. The zero-order valence-electron chi connectivity index (χ0n) is 18.3. The third-order valence-electron chi connectivity index (χ3n) is 5.01. The first kappa shape index (κ1) is 23.2. The second kappa shape index (κ2) is 10.2. The molecule has 1 aliphatic heterocycles. The first-order valence-corrected chi connectivity index (χ1v) is 10.3.